The van der Waals surface area contributed by atoms with Gasteiger partial charge in [-0.05, 0) is 23.6 Å². The van der Waals surface area contributed by atoms with E-state index in [4.69, 9.17) is 4.42 Å². The van der Waals surface area contributed by atoms with Crippen molar-refractivity contribution in [2.24, 2.45) is 5.41 Å². The van der Waals surface area contributed by atoms with Gasteiger partial charge in [-0.1, -0.05) is 49.4 Å². The molecular weight excluding hydrogens is 345 g/mol. The highest BCUT2D eigenvalue weighted by molar-refractivity contribution is 5.84. The molecule has 4 rings (SSSR count). The normalized spacial score (nSPS) is 24.0. The molecule has 0 bridgehead atoms. The molecule has 138 valence electrons. The second-order valence-electron chi connectivity index (χ2n) is 7.04. The number of aryl methyl sites for hydroxylation is 1. The fourth-order valence-electron chi connectivity index (χ4n) is 4.32. The molecule has 1 aromatic heterocycles. The molecule has 2 aromatic carbocycles. The van der Waals surface area contributed by atoms with Crippen LogP contribution in [-0.2, 0) is 4.79 Å². The molecule has 1 aliphatic rings. The SMILES string of the molecule is CCC1(C(=O)O)C(c2ccc(-c3cnc(C)o3)cc2)C1c1ccccc1F. The summed E-state index contributed by atoms with van der Waals surface area (Å²) in [6.45, 7) is 3.64. The summed E-state index contributed by atoms with van der Waals surface area (Å²) in [6.07, 6.45) is 2.10. The molecule has 0 radical (unpaired) electrons. The van der Waals surface area contributed by atoms with Gasteiger partial charge in [0, 0.05) is 24.3 Å². The van der Waals surface area contributed by atoms with Crippen molar-refractivity contribution >= 4 is 5.97 Å². The maximum atomic E-state index is 14.4. The predicted molar refractivity (Wildman–Crippen MR) is 98.9 cm³/mol. The molecule has 0 saturated heterocycles. The lowest BCUT2D eigenvalue weighted by Crippen LogP contribution is -2.17. The third kappa shape index (κ3) is 2.65. The maximum absolute atomic E-state index is 14.4. The lowest BCUT2D eigenvalue weighted by molar-refractivity contribution is -0.143. The first kappa shape index (κ1) is 17.5. The van der Waals surface area contributed by atoms with Crippen LogP contribution in [0.25, 0.3) is 11.3 Å². The van der Waals surface area contributed by atoms with E-state index in [1.54, 1.807) is 31.3 Å². The molecule has 1 heterocycles. The summed E-state index contributed by atoms with van der Waals surface area (Å²) in [5.41, 5.74) is 1.26. The Bertz CT molecular complexity index is 995. The maximum Gasteiger partial charge on any atom is 0.310 e. The quantitative estimate of drug-likeness (QED) is 0.679. The van der Waals surface area contributed by atoms with Crippen LogP contribution < -0.4 is 0 Å². The van der Waals surface area contributed by atoms with Gasteiger partial charge >= 0.3 is 5.97 Å². The van der Waals surface area contributed by atoms with E-state index < -0.39 is 11.4 Å². The summed E-state index contributed by atoms with van der Waals surface area (Å²) < 4.78 is 19.9. The molecule has 0 amide bonds. The van der Waals surface area contributed by atoms with Crippen molar-refractivity contribution in [3.8, 4) is 11.3 Å². The number of aromatic nitrogens is 1. The average Bonchev–Trinajstić information content (AvgIpc) is 3.17. The van der Waals surface area contributed by atoms with Crippen molar-refractivity contribution in [1.29, 1.82) is 0 Å². The van der Waals surface area contributed by atoms with Crippen LogP contribution in [0.4, 0.5) is 4.39 Å². The topological polar surface area (TPSA) is 63.3 Å². The summed E-state index contributed by atoms with van der Waals surface area (Å²) in [5, 5.41) is 9.95. The van der Waals surface area contributed by atoms with Crippen LogP contribution in [-0.4, -0.2) is 16.1 Å². The van der Waals surface area contributed by atoms with Crippen LogP contribution in [0.1, 0.15) is 42.2 Å². The van der Waals surface area contributed by atoms with E-state index in [0.29, 0.717) is 23.6 Å². The standard InChI is InChI=1S/C22H20FNO3/c1-3-22(21(25)26)19(20(22)16-6-4-5-7-17(16)23)15-10-8-14(9-11-15)18-12-24-13(2)27-18/h4-12,19-20H,3H2,1-2H3,(H,25,26). The van der Waals surface area contributed by atoms with Gasteiger partial charge < -0.3 is 9.52 Å². The third-order valence-corrected chi connectivity index (χ3v) is 5.73. The number of hydrogen-bond donors (Lipinski definition) is 1. The highest BCUT2D eigenvalue weighted by atomic mass is 19.1. The van der Waals surface area contributed by atoms with E-state index >= 15 is 0 Å². The van der Waals surface area contributed by atoms with Crippen molar-refractivity contribution in [3.05, 3.63) is 77.6 Å². The van der Waals surface area contributed by atoms with Gasteiger partial charge in [-0.15, -0.1) is 0 Å². The van der Waals surface area contributed by atoms with Gasteiger partial charge in [-0.3, -0.25) is 4.79 Å². The molecule has 3 aromatic rings. The molecule has 0 aliphatic heterocycles. The number of carboxylic acids is 1. The number of carboxylic acid groups (broad SMARTS) is 1. The fourth-order valence-corrected chi connectivity index (χ4v) is 4.32. The summed E-state index contributed by atoms with van der Waals surface area (Å²) in [5.74, 6) is -0.606. The van der Waals surface area contributed by atoms with Crippen LogP contribution in [0, 0.1) is 18.2 Å². The van der Waals surface area contributed by atoms with Crippen LogP contribution in [0.3, 0.4) is 0 Å². The van der Waals surface area contributed by atoms with E-state index in [-0.39, 0.29) is 17.7 Å². The molecule has 3 atom stereocenters. The molecule has 5 heteroatoms. The molecule has 27 heavy (non-hydrogen) atoms. The van der Waals surface area contributed by atoms with E-state index in [0.717, 1.165) is 11.1 Å². The first-order valence-corrected chi connectivity index (χ1v) is 8.99. The van der Waals surface area contributed by atoms with Crippen molar-refractivity contribution < 1.29 is 18.7 Å². The Balaban J connectivity index is 1.73. The van der Waals surface area contributed by atoms with Crippen molar-refractivity contribution in [1.82, 2.24) is 4.98 Å². The van der Waals surface area contributed by atoms with Crippen molar-refractivity contribution in [2.45, 2.75) is 32.1 Å². The Morgan fingerprint density at radius 1 is 1.19 bits per heavy atom. The van der Waals surface area contributed by atoms with Crippen LogP contribution in [0.5, 0.6) is 0 Å². The number of hydrogen-bond acceptors (Lipinski definition) is 3. The molecule has 0 spiro atoms. The highest BCUT2D eigenvalue weighted by Gasteiger charge is 2.70. The van der Waals surface area contributed by atoms with Crippen LogP contribution >= 0.6 is 0 Å². The third-order valence-electron chi connectivity index (χ3n) is 5.73. The van der Waals surface area contributed by atoms with Gasteiger partial charge in [0.15, 0.2) is 11.7 Å². The molecule has 1 saturated carbocycles. The summed E-state index contributed by atoms with van der Waals surface area (Å²) in [4.78, 5) is 16.2. The fraction of sp³-hybridized carbons (Fsp3) is 0.273. The Labute approximate surface area is 156 Å². The zero-order valence-corrected chi connectivity index (χ0v) is 15.1. The monoisotopic (exact) mass is 365 g/mol. The predicted octanol–water partition coefficient (Wildman–Crippen LogP) is 5.15. The Hall–Kier alpha value is -2.95. The Kier molecular flexibility index (Phi) is 4.10. The van der Waals surface area contributed by atoms with Gasteiger partial charge in [0.25, 0.3) is 0 Å². The molecule has 1 aliphatic carbocycles. The van der Waals surface area contributed by atoms with Crippen molar-refractivity contribution in [3.63, 3.8) is 0 Å². The number of oxazole rings is 1. The van der Waals surface area contributed by atoms with E-state index in [9.17, 15) is 14.3 Å². The second kappa shape index (κ2) is 6.34. The molecule has 3 unspecified atom stereocenters. The summed E-state index contributed by atoms with van der Waals surface area (Å²) in [7, 11) is 0. The minimum Gasteiger partial charge on any atom is -0.481 e. The van der Waals surface area contributed by atoms with Gasteiger partial charge in [-0.25, -0.2) is 9.37 Å². The lowest BCUT2D eigenvalue weighted by atomic mass is 9.94. The van der Waals surface area contributed by atoms with Crippen molar-refractivity contribution in [2.75, 3.05) is 0 Å². The zero-order chi connectivity index (χ0) is 19.2. The number of aliphatic carboxylic acids is 1. The number of rotatable bonds is 5. The van der Waals surface area contributed by atoms with Crippen LogP contribution in [0.15, 0.2) is 59.1 Å². The lowest BCUT2D eigenvalue weighted by Gasteiger charge is -2.10. The number of nitrogens with zero attached hydrogens (tertiary/aromatic N) is 1. The molecule has 1 N–H and O–H groups in total. The first-order chi connectivity index (χ1) is 13.0. The van der Waals surface area contributed by atoms with E-state index in [1.807, 2.05) is 31.2 Å². The van der Waals surface area contributed by atoms with Gasteiger partial charge in [0.2, 0.25) is 0 Å². The number of benzene rings is 2. The average molecular weight is 365 g/mol. The first-order valence-electron chi connectivity index (χ1n) is 8.99. The summed E-state index contributed by atoms with van der Waals surface area (Å²) >= 11 is 0. The molecule has 4 nitrogen and oxygen atoms in total. The second-order valence-corrected chi connectivity index (χ2v) is 7.04. The number of carbonyl (C=O) groups is 1. The minimum atomic E-state index is -0.980. The number of halogens is 1. The minimum absolute atomic E-state index is 0.262. The Morgan fingerprint density at radius 3 is 2.44 bits per heavy atom. The van der Waals surface area contributed by atoms with Gasteiger partial charge in [-0.2, -0.15) is 0 Å². The summed E-state index contributed by atoms with van der Waals surface area (Å²) in [6, 6.07) is 14.1. The van der Waals surface area contributed by atoms with E-state index in [2.05, 4.69) is 4.98 Å². The van der Waals surface area contributed by atoms with E-state index in [1.165, 1.54) is 6.07 Å². The Morgan fingerprint density at radius 2 is 1.89 bits per heavy atom. The zero-order valence-electron chi connectivity index (χ0n) is 15.1. The largest absolute Gasteiger partial charge is 0.481 e. The van der Waals surface area contributed by atoms with Gasteiger partial charge in [0.1, 0.15) is 5.82 Å². The molecule has 1 fully saturated rings. The highest BCUT2D eigenvalue weighted by Crippen LogP contribution is 2.72. The molecular formula is C22H20FNO3. The van der Waals surface area contributed by atoms with Crippen LogP contribution in [0.2, 0.25) is 0 Å². The smallest absolute Gasteiger partial charge is 0.310 e. The van der Waals surface area contributed by atoms with Gasteiger partial charge in [0.05, 0.1) is 11.6 Å².